The van der Waals surface area contributed by atoms with Gasteiger partial charge in [0.05, 0.1) is 12.7 Å². The first-order chi connectivity index (χ1) is 8.79. The van der Waals surface area contributed by atoms with E-state index in [1.165, 1.54) is 6.20 Å². The number of amides is 1. The lowest BCUT2D eigenvalue weighted by Gasteiger charge is -2.03. The van der Waals surface area contributed by atoms with Crippen molar-refractivity contribution in [2.75, 3.05) is 11.9 Å². The van der Waals surface area contributed by atoms with Crippen LogP contribution in [0.15, 0.2) is 28.9 Å². The van der Waals surface area contributed by atoms with Gasteiger partial charge in [-0.1, -0.05) is 5.16 Å². The average Bonchev–Trinajstić information content (AvgIpc) is 2.90. The Kier molecular flexibility index (Phi) is 3.85. The molecule has 7 heteroatoms. The molecule has 0 bridgehead atoms. The fraction of sp³-hybridized carbons (Fsp3) is 0.273. The van der Waals surface area contributed by atoms with Gasteiger partial charge in [-0.15, -0.1) is 10.2 Å². The Labute approximate surface area is 104 Å². The molecule has 0 spiro atoms. The van der Waals surface area contributed by atoms with Gasteiger partial charge in [-0.2, -0.15) is 0 Å². The molecule has 0 atom stereocenters. The lowest BCUT2D eigenvalue weighted by molar-refractivity contribution is 0.0941. The number of nitrogens with zero attached hydrogens (tertiary/aromatic N) is 3. The molecule has 1 amide bonds. The first-order valence-electron chi connectivity index (χ1n) is 5.55. The van der Waals surface area contributed by atoms with E-state index in [4.69, 9.17) is 4.52 Å². The maximum absolute atomic E-state index is 11.7. The highest BCUT2D eigenvalue weighted by Crippen LogP contribution is 2.02. The van der Waals surface area contributed by atoms with Gasteiger partial charge in [0.1, 0.15) is 5.82 Å². The quantitative estimate of drug-likeness (QED) is 0.812. The molecule has 94 valence electrons. The minimum Gasteiger partial charge on any atom is -0.369 e. The van der Waals surface area contributed by atoms with Gasteiger partial charge in [0, 0.05) is 12.6 Å². The summed E-state index contributed by atoms with van der Waals surface area (Å²) < 4.78 is 4.86. The van der Waals surface area contributed by atoms with Gasteiger partial charge in [0.2, 0.25) is 0 Å². The summed E-state index contributed by atoms with van der Waals surface area (Å²) in [4.78, 5) is 11.7. The van der Waals surface area contributed by atoms with Crippen molar-refractivity contribution in [3.05, 3.63) is 35.9 Å². The van der Waals surface area contributed by atoms with Crippen LogP contribution in [0.3, 0.4) is 0 Å². The molecule has 7 nitrogen and oxygen atoms in total. The molecule has 2 N–H and O–H groups in total. The number of carbonyl (C=O) groups excluding carboxylic acids is 1. The van der Waals surface area contributed by atoms with E-state index in [1.54, 1.807) is 18.2 Å². The molecule has 0 fully saturated rings. The summed E-state index contributed by atoms with van der Waals surface area (Å²) in [5.74, 6) is 0.923. The molecule has 2 aromatic rings. The van der Waals surface area contributed by atoms with Gasteiger partial charge >= 0.3 is 0 Å². The Hall–Kier alpha value is -2.44. The Balaban J connectivity index is 1.92. The minimum atomic E-state index is -0.304. The van der Waals surface area contributed by atoms with Crippen LogP contribution in [0, 0.1) is 0 Å². The van der Waals surface area contributed by atoms with Crippen LogP contribution in [0.5, 0.6) is 0 Å². The summed E-state index contributed by atoms with van der Waals surface area (Å²) in [6.07, 6.45) is 1.52. The van der Waals surface area contributed by atoms with Crippen molar-refractivity contribution in [1.29, 1.82) is 0 Å². The Morgan fingerprint density at radius 1 is 1.33 bits per heavy atom. The Morgan fingerprint density at radius 2 is 2.22 bits per heavy atom. The second kappa shape index (κ2) is 5.76. The predicted octanol–water partition coefficient (Wildman–Crippen LogP) is 0.826. The van der Waals surface area contributed by atoms with E-state index in [0.29, 0.717) is 11.6 Å². The molecule has 0 saturated heterocycles. The SMILES string of the molecule is CCNc1ccc(C(=O)NCc2ccno2)nn1. The summed E-state index contributed by atoms with van der Waals surface area (Å²) in [5, 5.41) is 16.9. The minimum absolute atomic E-state index is 0.260. The number of hydrogen-bond donors (Lipinski definition) is 2. The molecule has 0 aromatic carbocycles. The molecule has 0 aliphatic rings. The van der Waals surface area contributed by atoms with Crippen molar-refractivity contribution in [3.63, 3.8) is 0 Å². The van der Waals surface area contributed by atoms with Crippen molar-refractivity contribution < 1.29 is 9.32 Å². The van der Waals surface area contributed by atoms with Gasteiger partial charge < -0.3 is 15.2 Å². The van der Waals surface area contributed by atoms with E-state index >= 15 is 0 Å². The fourth-order valence-corrected chi connectivity index (χ4v) is 1.32. The first-order valence-corrected chi connectivity index (χ1v) is 5.55. The molecule has 2 aromatic heterocycles. The summed E-state index contributed by atoms with van der Waals surface area (Å²) in [6, 6.07) is 5.00. The normalized spacial score (nSPS) is 10.1. The topological polar surface area (TPSA) is 92.9 Å². The maximum Gasteiger partial charge on any atom is 0.272 e. The van der Waals surface area contributed by atoms with Crippen LogP contribution < -0.4 is 10.6 Å². The van der Waals surface area contributed by atoms with Gasteiger partial charge in [-0.3, -0.25) is 4.79 Å². The van der Waals surface area contributed by atoms with Crippen molar-refractivity contribution in [2.24, 2.45) is 0 Å². The fourth-order valence-electron chi connectivity index (χ4n) is 1.32. The lowest BCUT2D eigenvalue weighted by atomic mass is 10.3. The molecule has 18 heavy (non-hydrogen) atoms. The number of anilines is 1. The van der Waals surface area contributed by atoms with Gasteiger partial charge in [0.25, 0.3) is 5.91 Å². The highest BCUT2D eigenvalue weighted by Gasteiger charge is 2.08. The zero-order valence-corrected chi connectivity index (χ0v) is 9.88. The standard InChI is InChI=1S/C11H13N5O2/c1-2-12-10-4-3-9(15-16-10)11(17)13-7-8-5-6-14-18-8/h3-6H,2,7H2,1H3,(H,12,16)(H,13,17). The van der Waals surface area contributed by atoms with Gasteiger partial charge in [-0.25, -0.2) is 0 Å². The third-order valence-electron chi connectivity index (χ3n) is 2.17. The van der Waals surface area contributed by atoms with E-state index in [-0.39, 0.29) is 18.1 Å². The van der Waals surface area contributed by atoms with Crippen molar-refractivity contribution in [2.45, 2.75) is 13.5 Å². The second-order valence-electron chi connectivity index (χ2n) is 3.50. The zero-order chi connectivity index (χ0) is 12.8. The van der Waals surface area contributed by atoms with E-state index < -0.39 is 0 Å². The van der Waals surface area contributed by atoms with Crippen molar-refractivity contribution in [3.8, 4) is 0 Å². The molecule has 0 aliphatic carbocycles. The smallest absolute Gasteiger partial charge is 0.272 e. The first kappa shape index (κ1) is 12.0. The second-order valence-corrected chi connectivity index (χ2v) is 3.50. The molecular weight excluding hydrogens is 234 g/mol. The molecule has 0 radical (unpaired) electrons. The predicted molar refractivity (Wildman–Crippen MR) is 63.9 cm³/mol. The number of nitrogens with one attached hydrogen (secondary N) is 2. The highest BCUT2D eigenvalue weighted by molar-refractivity contribution is 5.92. The molecule has 0 unspecified atom stereocenters. The molecule has 0 saturated carbocycles. The molecule has 0 aliphatic heterocycles. The van der Waals surface area contributed by atoms with Crippen LogP contribution in [0.4, 0.5) is 5.82 Å². The third kappa shape index (κ3) is 3.03. The van der Waals surface area contributed by atoms with Crippen LogP contribution in [0.2, 0.25) is 0 Å². The van der Waals surface area contributed by atoms with Crippen LogP contribution in [-0.2, 0) is 6.54 Å². The average molecular weight is 247 g/mol. The highest BCUT2D eigenvalue weighted by atomic mass is 16.5. The van der Waals surface area contributed by atoms with Gasteiger partial charge in [0.15, 0.2) is 11.5 Å². The zero-order valence-electron chi connectivity index (χ0n) is 9.88. The van der Waals surface area contributed by atoms with Crippen LogP contribution in [-0.4, -0.2) is 27.8 Å². The summed E-state index contributed by atoms with van der Waals surface area (Å²) in [7, 11) is 0. The summed E-state index contributed by atoms with van der Waals surface area (Å²) >= 11 is 0. The Morgan fingerprint density at radius 3 is 2.83 bits per heavy atom. The van der Waals surface area contributed by atoms with Crippen LogP contribution in [0.25, 0.3) is 0 Å². The molecule has 2 rings (SSSR count). The number of hydrogen-bond acceptors (Lipinski definition) is 6. The summed E-state index contributed by atoms with van der Waals surface area (Å²) in [5.41, 5.74) is 0.260. The van der Waals surface area contributed by atoms with Crippen LogP contribution in [0.1, 0.15) is 23.2 Å². The van der Waals surface area contributed by atoms with Crippen molar-refractivity contribution in [1.82, 2.24) is 20.7 Å². The maximum atomic E-state index is 11.7. The summed E-state index contributed by atoms with van der Waals surface area (Å²) in [6.45, 7) is 2.99. The third-order valence-corrected chi connectivity index (χ3v) is 2.17. The van der Waals surface area contributed by atoms with Gasteiger partial charge in [-0.05, 0) is 19.1 Å². The van der Waals surface area contributed by atoms with Crippen LogP contribution >= 0.6 is 0 Å². The molecular formula is C11H13N5O2. The monoisotopic (exact) mass is 247 g/mol. The number of aromatic nitrogens is 3. The van der Waals surface area contributed by atoms with E-state index in [2.05, 4.69) is 26.0 Å². The largest absolute Gasteiger partial charge is 0.369 e. The Bertz CT molecular complexity index is 495. The van der Waals surface area contributed by atoms with E-state index in [1.807, 2.05) is 6.92 Å². The van der Waals surface area contributed by atoms with Crippen molar-refractivity contribution >= 4 is 11.7 Å². The molecule has 2 heterocycles. The lowest BCUT2D eigenvalue weighted by Crippen LogP contribution is -2.24. The number of carbonyl (C=O) groups is 1. The number of rotatable bonds is 5. The van der Waals surface area contributed by atoms with E-state index in [9.17, 15) is 4.79 Å². The van der Waals surface area contributed by atoms with E-state index in [0.717, 1.165) is 6.54 Å².